The average molecular weight is 511 g/mol. The third-order valence-electron chi connectivity index (χ3n) is 9.02. The van der Waals surface area contributed by atoms with Gasteiger partial charge in [0.25, 0.3) is 0 Å². The number of hydrogen-bond donors (Lipinski definition) is 0. The van der Waals surface area contributed by atoms with Gasteiger partial charge >= 0.3 is 0 Å². The highest BCUT2D eigenvalue weighted by atomic mass is 16.1. The van der Waals surface area contributed by atoms with Crippen molar-refractivity contribution in [3.05, 3.63) is 95.2 Å². The molecule has 202 valence electrons. The maximum Gasteiger partial charge on any atom is 0.147 e. The number of allylic oxidation sites excluding steroid dienone is 3. The first-order chi connectivity index (χ1) is 18.3. The Hall–Kier alpha value is -2.94. The van der Waals surface area contributed by atoms with Gasteiger partial charge in [0.1, 0.15) is 12.1 Å². The molecule has 0 amide bonds. The lowest BCUT2D eigenvalue weighted by molar-refractivity contribution is -0.105. The monoisotopic (exact) mass is 510 g/mol. The maximum absolute atomic E-state index is 11.5. The van der Waals surface area contributed by atoms with Crippen molar-refractivity contribution in [2.24, 2.45) is 28.2 Å². The normalized spacial score (nSPS) is 25.4. The fourth-order valence-corrected chi connectivity index (χ4v) is 6.90. The molecule has 3 aliphatic rings. The van der Waals surface area contributed by atoms with Crippen molar-refractivity contribution in [3.63, 3.8) is 0 Å². The molecule has 3 aliphatic carbocycles. The largest absolute Gasteiger partial charge is 0.352 e. The Morgan fingerprint density at radius 2 is 1.66 bits per heavy atom. The summed E-state index contributed by atoms with van der Waals surface area (Å²) in [4.78, 5) is 18.5. The Labute approximate surface area is 230 Å². The number of carbonyl (C=O) groups excluding carboxylic acids is 1. The highest BCUT2D eigenvalue weighted by Gasteiger charge is 2.76. The Balaban J connectivity index is 0.000000248. The molecule has 3 nitrogen and oxygen atoms in total. The highest BCUT2D eigenvalue weighted by Crippen LogP contribution is 2.84. The molecule has 2 aromatic carbocycles. The van der Waals surface area contributed by atoms with Crippen molar-refractivity contribution in [2.45, 2.75) is 78.7 Å². The first-order valence-corrected chi connectivity index (χ1v) is 14.5. The number of aldehydes is 1. The van der Waals surface area contributed by atoms with Gasteiger partial charge < -0.3 is 4.90 Å². The van der Waals surface area contributed by atoms with Crippen LogP contribution in [-0.2, 0) is 4.79 Å². The van der Waals surface area contributed by atoms with Crippen LogP contribution in [0.3, 0.4) is 0 Å². The van der Waals surface area contributed by atoms with Gasteiger partial charge in [0, 0.05) is 18.3 Å². The molecule has 3 heteroatoms. The molecule has 2 aromatic rings. The van der Waals surface area contributed by atoms with Crippen LogP contribution in [0.2, 0.25) is 0 Å². The second kappa shape index (κ2) is 12.3. The topological polar surface area (TPSA) is 32.7 Å². The molecule has 0 radical (unpaired) electrons. The summed E-state index contributed by atoms with van der Waals surface area (Å²) in [5, 5.41) is 0. The predicted molar refractivity (Wildman–Crippen MR) is 160 cm³/mol. The van der Waals surface area contributed by atoms with E-state index < -0.39 is 0 Å². The second-order valence-electron chi connectivity index (χ2n) is 11.8. The molecule has 0 aliphatic heterocycles. The minimum atomic E-state index is 0.0695. The zero-order chi connectivity index (χ0) is 27.3. The Morgan fingerprint density at radius 3 is 2.08 bits per heavy atom. The van der Waals surface area contributed by atoms with Crippen LogP contribution in [0.5, 0.6) is 0 Å². The van der Waals surface area contributed by atoms with Crippen LogP contribution in [0.15, 0.2) is 89.1 Å². The average Bonchev–Trinajstić information content (AvgIpc) is 3.82. The van der Waals surface area contributed by atoms with E-state index in [9.17, 15) is 4.79 Å². The third kappa shape index (κ3) is 6.20. The van der Waals surface area contributed by atoms with E-state index >= 15 is 0 Å². The molecule has 0 bridgehead atoms. The lowest BCUT2D eigenvalue weighted by atomic mass is 9.93. The summed E-state index contributed by atoms with van der Waals surface area (Å²) in [5.41, 5.74) is 6.47. The van der Waals surface area contributed by atoms with Crippen LogP contribution in [0.1, 0.15) is 89.8 Å². The summed E-state index contributed by atoms with van der Waals surface area (Å²) in [6, 6.07) is 21.0. The van der Waals surface area contributed by atoms with E-state index in [0.29, 0.717) is 0 Å². The molecule has 4 unspecified atom stereocenters. The SMILES string of the molecule is C=C(C)CC1CC2CC23CC13.CCC/C(C=O)=C(\CC)N=C(C)N(C)C(c1ccccc1)c1ccccc1. The molecule has 4 atom stereocenters. The molecular formula is C35H46N2O. The van der Waals surface area contributed by atoms with E-state index in [1.54, 1.807) is 12.8 Å². The summed E-state index contributed by atoms with van der Waals surface area (Å²) < 4.78 is 0. The van der Waals surface area contributed by atoms with Crippen molar-refractivity contribution in [1.82, 2.24) is 4.90 Å². The van der Waals surface area contributed by atoms with Crippen molar-refractivity contribution in [2.75, 3.05) is 7.05 Å². The molecule has 3 fully saturated rings. The predicted octanol–water partition coefficient (Wildman–Crippen LogP) is 8.79. The molecule has 3 saturated carbocycles. The minimum absolute atomic E-state index is 0.0695. The molecule has 0 heterocycles. The van der Waals surface area contributed by atoms with E-state index in [0.717, 1.165) is 65.8 Å². The molecule has 0 aromatic heterocycles. The fourth-order valence-electron chi connectivity index (χ4n) is 6.90. The van der Waals surface area contributed by atoms with E-state index in [2.05, 4.69) is 87.8 Å². The van der Waals surface area contributed by atoms with Gasteiger partial charge in [-0.25, -0.2) is 4.99 Å². The molecular weight excluding hydrogens is 464 g/mol. The van der Waals surface area contributed by atoms with Crippen molar-refractivity contribution < 1.29 is 4.79 Å². The lowest BCUT2D eigenvalue weighted by Crippen LogP contribution is -2.30. The molecule has 1 spiro atoms. The zero-order valence-electron chi connectivity index (χ0n) is 24.1. The van der Waals surface area contributed by atoms with Gasteiger partial charge in [0.15, 0.2) is 0 Å². The van der Waals surface area contributed by atoms with Crippen LogP contribution < -0.4 is 0 Å². The van der Waals surface area contributed by atoms with Gasteiger partial charge in [0.2, 0.25) is 0 Å². The van der Waals surface area contributed by atoms with Crippen LogP contribution in [0.25, 0.3) is 0 Å². The first-order valence-electron chi connectivity index (χ1n) is 14.5. The van der Waals surface area contributed by atoms with E-state index in [-0.39, 0.29) is 6.04 Å². The molecule has 38 heavy (non-hydrogen) atoms. The van der Waals surface area contributed by atoms with Gasteiger partial charge in [-0.1, -0.05) is 86.5 Å². The quantitative estimate of drug-likeness (QED) is 0.105. The van der Waals surface area contributed by atoms with E-state index in [1.165, 1.54) is 29.5 Å². The summed E-state index contributed by atoms with van der Waals surface area (Å²) in [6.07, 6.45) is 9.46. The second-order valence-corrected chi connectivity index (χ2v) is 11.8. The van der Waals surface area contributed by atoms with Crippen molar-refractivity contribution in [3.8, 4) is 0 Å². The van der Waals surface area contributed by atoms with E-state index in [1.807, 2.05) is 19.1 Å². The summed E-state index contributed by atoms with van der Waals surface area (Å²) in [6.45, 7) is 12.3. The summed E-state index contributed by atoms with van der Waals surface area (Å²) in [7, 11) is 2.07. The molecule has 0 saturated heterocycles. The van der Waals surface area contributed by atoms with Crippen LogP contribution in [-0.4, -0.2) is 24.1 Å². The Bertz CT molecular complexity index is 1130. The van der Waals surface area contributed by atoms with Crippen molar-refractivity contribution in [1.29, 1.82) is 0 Å². The van der Waals surface area contributed by atoms with Crippen LogP contribution >= 0.6 is 0 Å². The molecule has 5 rings (SSSR count). The van der Waals surface area contributed by atoms with Gasteiger partial charge in [0.05, 0.1) is 6.04 Å². The smallest absolute Gasteiger partial charge is 0.147 e. The molecule has 0 N–H and O–H groups in total. The number of nitrogens with zero attached hydrogens (tertiary/aromatic N) is 2. The van der Waals surface area contributed by atoms with Gasteiger partial charge in [-0.2, -0.15) is 0 Å². The number of aliphatic imine (C=N–C) groups is 1. The minimum Gasteiger partial charge on any atom is -0.352 e. The first kappa shape index (κ1) is 28.1. The number of amidine groups is 1. The number of carbonyl (C=O) groups is 1. The van der Waals surface area contributed by atoms with Crippen molar-refractivity contribution >= 4 is 12.1 Å². The Morgan fingerprint density at radius 1 is 1.05 bits per heavy atom. The van der Waals surface area contributed by atoms with E-state index in [4.69, 9.17) is 4.99 Å². The van der Waals surface area contributed by atoms with Crippen LogP contribution in [0.4, 0.5) is 0 Å². The standard InChI is InChI=1S/C24H30N2O.C11H16/c1-5-13-22(18-27)23(6-2)25-19(3)26(4)24(20-14-9-7-10-15-20)21-16-11-8-12-17-21;1-7(2)3-8-4-9-5-11(9)6-10(8)11/h7-12,14-18,24H,5-6,13H2,1-4H3;8-10H,1,3-6H2,2H3/b23-22-,25-19?;. The van der Waals surface area contributed by atoms with Crippen LogP contribution in [0, 0.1) is 23.2 Å². The Kier molecular flexibility index (Phi) is 9.07. The summed E-state index contributed by atoms with van der Waals surface area (Å²) >= 11 is 0. The lowest BCUT2D eigenvalue weighted by Gasteiger charge is -2.31. The van der Waals surface area contributed by atoms with Gasteiger partial charge in [-0.05, 0) is 86.7 Å². The number of hydrogen-bond acceptors (Lipinski definition) is 2. The number of benzene rings is 2. The number of rotatable bonds is 10. The van der Waals surface area contributed by atoms with Gasteiger partial charge in [-0.15, -0.1) is 6.58 Å². The zero-order valence-corrected chi connectivity index (χ0v) is 24.1. The highest BCUT2D eigenvalue weighted by molar-refractivity contribution is 5.83. The summed E-state index contributed by atoms with van der Waals surface area (Å²) in [5.74, 6) is 4.26. The maximum atomic E-state index is 11.5. The van der Waals surface area contributed by atoms with Gasteiger partial charge in [-0.3, -0.25) is 4.79 Å². The fraction of sp³-hybridized carbons (Fsp3) is 0.486. The third-order valence-corrected chi connectivity index (χ3v) is 9.02.